The first-order chi connectivity index (χ1) is 13.0. The Morgan fingerprint density at radius 2 is 1.78 bits per heavy atom. The number of hydrogen-bond acceptors (Lipinski definition) is 3. The fraction of sp³-hybridized carbons (Fsp3) is 0.316. The molecule has 0 aliphatic carbocycles. The van der Waals surface area contributed by atoms with Gasteiger partial charge in [0.25, 0.3) is 11.5 Å². The maximum absolute atomic E-state index is 12.7. The van der Waals surface area contributed by atoms with E-state index < -0.39 is 0 Å². The molecule has 8 heteroatoms. The van der Waals surface area contributed by atoms with Crippen LogP contribution in [-0.2, 0) is 18.3 Å². The van der Waals surface area contributed by atoms with Crippen LogP contribution in [0.5, 0.6) is 0 Å². The molecule has 0 unspecified atom stereocenters. The summed E-state index contributed by atoms with van der Waals surface area (Å²) < 4.78 is 1.27. The summed E-state index contributed by atoms with van der Waals surface area (Å²) in [4.78, 5) is 43.3. The van der Waals surface area contributed by atoms with Gasteiger partial charge in [-0.3, -0.25) is 24.2 Å². The zero-order valence-electron chi connectivity index (χ0n) is 15.1. The molecule has 8 nitrogen and oxygen atoms in total. The second-order valence-electron chi connectivity index (χ2n) is 6.78. The van der Waals surface area contributed by atoms with Crippen molar-refractivity contribution in [2.75, 3.05) is 26.2 Å². The maximum atomic E-state index is 12.7. The summed E-state index contributed by atoms with van der Waals surface area (Å²) in [6, 6.07) is 9.22. The molecule has 4 rings (SSSR count). The number of para-hydroxylation sites is 1. The number of carbonyl (C=O) groups excluding carboxylic acids is 2. The Balaban J connectivity index is 1.38. The van der Waals surface area contributed by atoms with Crippen LogP contribution >= 0.6 is 0 Å². The summed E-state index contributed by atoms with van der Waals surface area (Å²) >= 11 is 0. The van der Waals surface area contributed by atoms with E-state index in [1.165, 1.54) is 10.7 Å². The molecule has 140 valence electrons. The summed E-state index contributed by atoms with van der Waals surface area (Å²) in [5.41, 5.74) is 2.04. The van der Waals surface area contributed by atoms with E-state index in [-0.39, 0.29) is 23.1 Å². The summed E-state index contributed by atoms with van der Waals surface area (Å²) in [5, 5.41) is 3.81. The van der Waals surface area contributed by atoms with Crippen molar-refractivity contribution < 1.29 is 9.59 Å². The van der Waals surface area contributed by atoms with Crippen molar-refractivity contribution in [3.05, 3.63) is 58.1 Å². The zero-order valence-corrected chi connectivity index (χ0v) is 15.1. The van der Waals surface area contributed by atoms with Crippen LogP contribution in [0.4, 0.5) is 0 Å². The Labute approximate surface area is 155 Å². The van der Waals surface area contributed by atoms with Crippen LogP contribution in [0.2, 0.25) is 0 Å². The molecule has 1 aromatic carbocycles. The number of amides is 2. The van der Waals surface area contributed by atoms with E-state index in [0.29, 0.717) is 32.6 Å². The fourth-order valence-electron chi connectivity index (χ4n) is 3.48. The average Bonchev–Trinajstić information content (AvgIpc) is 3.25. The summed E-state index contributed by atoms with van der Waals surface area (Å²) in [7, 11) is 1.57. The molecule has 0 bridgehead atoms. The molecule has 1 aliphatic heterocycles. The Morgan fingerprint density at radius 1 is 1.07 bits per heavy atom. The summed E-state index contributed by atoms with van der Waals surface area (Å²) in [6.07, 6.45) is 2.22. The lowest BCUT2D eigenvalue weighted by atomic mass is 10.1. The molecule has 3 aromatic rings. The van der Waals surface area contributed by atoms with Crippen LogP contribution in [0.3, 0.4) is 0 Å². The molecule has 27 heavy (non-hydrogen) atoms. The van der Waals surface area contributed by atoms with Crippen molar-refractivity contribution >= 4 is 22.7 Å². The Morgan fingerprint density at radius 3 is 2.48 bits per heavy atom. The van der Waals surface area contributed by atoms with E-state index in [1.54, 1.807) is 16.8 Å². The van der Waals surface area contributed by atoms with Gasteiger partial charge in [-0.1, -0.05) is 18.2 Å². The molecule has 2 amide bonds. The van der Waals surface area contributed by atoms with Crippen LogP contribution in [0, 0.1) is 0 Å². The van der Waals surface area contributed by atoms with Gasteiger partial charge in [0.05, 0.1) is 6.42 Å². The molecular weight excluding hydrogens is 346 g/mol. The van der Waals surface area contributed by atoms with Gasteiger partial charge in [-0.2, -0.15) is 0 Å². The number of carbonyl (C=O) groups is 2. The number of nitrogens with zero attached hydrogens (tertiary/aromatic N) is 3. The quantitative estimate of drug-likeness (QED) is 0.714. The van der Waals surface area contributed by atoms with Crippen LogP contribution < -0.4 is 5.56 Å². The summed E-state index contributed by atoms with van der Waals surface area (Å²) in [5.74, 6) is -0.156. The number of aromatic nitrogens is 3. The van der Waals surface area contributed by atoms with Gasteiger partial charge in [0, 0.05) is 56.4 Å². The number of H-pyrrole nitrogens is 2. The van der Waals surface area contributed by atoms with E-state index in [2.05, 4.69) is 10.1 Å². The van der Waals surface area contributed by atoms with Gasteiger partial charge < -0.3 is 14.8 Å². The van der Waals surface area contributed by atoms with E-state index >= 15 is 0 Å². The van der Waals surface area contributed by atoms with Crippen molar-refractivity contribution in [3.63, 3.8) is 0 Å². The third-order valence-electron chi connectivity index (χ3n) is 5.05. The Kier molecular flexibility index (Phi) is 4.31. The first kappa shape index (κ1) is 17.1. The molecule has 0 spiro atoms. The monoisotopic (exact) mass is 367 g/mol. The number of hydrogen-bond donors (Lipinski definition) is 2. The van der Waals surface area contributed by atoms with Crippen molar-refractivity contribution in [1.82, 2.24) is 24.6 Å². The van der Waals surface area contributed by atoms with Crippen molar-refractivity contribution in [2.45, 2.75) is 6.42 Å². The molecule has 3 heterocycles. The number of nitrogens with one attached hydrogen (secondary N) is 2. The number of benzene rings is 1. The number of piperazine rings is 1. The fourth-order valence-corrected chi connectivity index (χ4v) is 3.48. The molecule has 0 atom stereocenters. The van der Waals surface area contributed by atoms with Crippen LogP contribution in [0.1, 0.15) is 16.1 Å². The van der Waals surface area contributed by atoms with Crippen molar-refractivity contribution in [1.29, 1.82) is 0 Å². The standard InChI is InChI=1S/C19H21N5O3/c1-22-17(25)11-16(21-22)19(27)24-8-6-23(7-9-24)18(26)10-13-12-20-15-5-3-2-4-14(13)15/h2-5,11-12,20-21H,6-10H2,1H3. The SMILES string of the molecule is Cn1[nH]c(C(=O)N2CCN(C(=O)Cc3c[nH]c4ccccc34)CC2)cc1=O. The molecular formula is C19H21N5O3. The predicted octanol–water partition coefficient (Wildman–Crippen LogP) is 0.722. The minimum atomic E-state index is -0.245. The Bertz CT molecular complexity index is 1050. The van der Waals surface area contributed by atoms with Crippen LogP contribution in [-0.4, -0.2) is 62.6 Å². The van der Waals surface area contributed by atoms with Gasteiger partial charge in [-0.05, 0) is 11.6 Å². The highest BCUT2D eigenvalue weighted by molar-refractivity contribution is 5.92. The lowest BCUT2D eigenvalue weighted by Gasteiger charge is -2.34. The van der Waals surface area contributed by atoms with Crippen molar-refractivity contribution in [2.24, 2.45) is 7.05 Å². The molecule has 0 saturated carbocycles. The third kappa shape index (κ3) is 3.25. The smallest absolute Gasteiger partial charge is 0.272 e. The van der Waals surface area contributed by atoms with Crippen LogP contribution in [0.25, 0.3) is 10.9 Å². The molecule has 2 N–H and O–H groups in total. The van der Waals surface area contributed by atoms with E-state index in [4.69, 9.17) is 0 Å². The lowest BCUT2D eigenvalue weighted by Crippen LogP contribution is -2.51. The molecule has 1 saturated heterocycles. The first-order valence-electron chi connectivity index (χ1n) is 8.91. The van der Waals surface area contributed by atoms with E-state index in [1.807, 2.05) is 30.5 Å². The number of aryl methyl sites for hydroxylation is 1. The predicted molar refractivity (Wildman–Crippen MR) is 101 cm³/mol. The largest absolute Gasteiger partial charge is 0.361 e. The lowest BCUT2D eigenvalue weighted by molar-refractivity contribution is -0.131. The van der Waals surface area contributed by atoms with Gasteiger partial charge >= 0.3 is 0 Å². The highest BCUT2D eigenvalue weighted by Gasteiger charge is 2.26. The molecule has 0 radical (unpaired) electrons. The Hall–Kier alpha value is -3.29. The topological polar surface area (TPSA) is 94.2 Å². The number of fused-ring (bicyclic) bond motifs is 1. The molecule has 1 aliphatic rings. The minimum Gasteiger partial charge on any atom is -0.361 e. The normalized spacial score (nSPS) is 14.7. The van der Waals surface area contributed by atoms with Gasteiger partial charge in [0.15, 0.2) is 0 Å². The first-order valence-corrected chi connectivity index (χ1v) is 8.91. The second kappa shape index (κ2) is 6.79. The third-order valence-corrected chi connectivity index (χ3v) is 5.05. The highest BCUT2D eigenvalue weighted by atomic mass is 16.2. The highest BCUT2D eigenvalue weighted by Crippen LogP contribution is 2.19. The zero-order chi connectivity index (χ0) is 19.0. The van der Waals surface area contributed by atoms with Gasteiger partial charge in [0.1, 0.15) is 5.69 Å². The van der Waals surface area contributed by atoms with E-state index in [9.17, 15) is 14.4 Å². The maximum Gasteiger partial charge on any atom is 0.272 e. The van der Waals surface area contributed by atoms with E-state index in [0.717, 1.165) is 16.5 Å². The van der Waals surface area contributed by atoms with Gasteiger partial charge in [-0.25, -0.2) is 0 Å². The second-order valence-corrected chi connectivity index (χ2v) is 6.78. The number of aromatic amines is 2. The molecule has 2 aromatic heterocycles. The van der Waals surface area contributed by atoms with Crippen molar-refractivity contribution in [3.8, 4) is 0 Å². The van der Waals surface area contributed by atoms with Crippen LogP contribution in [0.15, 0.2) is 41.3 Å². The van der Waals surface area contributed by atoms with Gasteiger partial charge in [-0.15, -0.1) is 0 Å². The molecule has 1 fully saturated rings. The minimum absolute atomic E-state index is 0.0555. The number of rotatable bonds is 3. The van der Waals surface area contributed by atoms with Gasteiger partial charge in [0.2, 0.25) is 5.91 Å². The average molecular weight is 367 g/mol. The summed E-state index contributed by atoms with van der Waals surface area (Å²) in [6.45, 7) is 1.89.